The number of carbonyl (C=O) groups excluding carboxylic acids is 1. The quantitative estimate of drug-likeness (QED) is 0.902. The lowest BCUT2D eigenvalue weighted by Crippen LogP contribution is -2.39. The maximum absolute atomic E-state index is 11.8. The molecule has 19 heavy (non-hydrogen) atoms. The molecule has 0 saturated carbocycles. The SMILES string of the molecule is CC(C)c1csc(CCNC(=O)[C@@H]2CCCCO2)n1. The summed E-state index contributed by atoms with van der Waals surface area (Å²) in [6.45, 7) is 5.63. The van der Waals surface area contributed by atoms with Gasteiger partial charge in [-0.1, -0.05) is 13.8 Å². The molecular formula is C14H22N2O2S. The molecule has 0 aliphatic carbocycles. The summed E-state index contributed by atoms with van der Waals surface area (Å²) in [4.78, 5) is 16.4. The summed E-state index contributed by atoms with van der Waals surface area (Å²) in [5.41, 5.74) is 1.14. The highest BCUT2D eigenvalue weighted by Crippen LogP contribution is 2.18. The van der Waals surface area contributed by atoms with E-state index in [2.05, 4.69) is 29.5 Å². The molecule has 1 amide bonds. The Morgan fingerprint density at radius 2 is 2.42 bits per heavy atom. The van der Waals surface area contributed by atoms with Gasteiger partial charge in [-0.25, -0.2) is 4.98 Å². The highest BCUT2D eigenvalue weighted by Gasteiger charge is 2.21. The Morgan fingerprint density at radius 1 is 1.58 bits per heavy atom. The molecule has 0 aromatic carbocycles. The van der Waals surface area contributed by atoms with E-state index in [9.17, 15) is 4.79 Å². The minimum Gasteiger partial charge on any atom is -0.368 e. The second-order valence-corrected chi connectivity index (χ2v) is 6.16. The van der Waals surface area contributed by atoms with Gasteiger partial charge in [0.2, 0.25) is 5.91 Å². The van der Waals surface area contributed by atoms with E-state index in [-0.39, 0.29) is 12.0 Å². The summed E-state index contributed by atoms with van der Waals surface area (Å²) in [6.07, 6.45) is 3.57. The Labute approximate surface area is 118 Å². The molecule has 1 aliphatic heterocycles. The Bertz CT molecular complexity index is 411. The molecule has 2 rings (SSSR count). The van der Waals surface area contributed by atoms with Crippen LogP contribution in [0.3, 0.4) is 0 Å². The van der Waals surface area contributed by atoms with Gasteiger partial charge in [-0.2, -0.15) is 0 Å². The van der Waals surface area contributed by atoms with E-state index in [0.717, 1.165) is 36.4 Å². The fourth-order valence-electron chi connectivity index (χ4n) is 2.06. The number of aromatic nitrogens is 1. The number of hydrogen-bond acceptors (Lipinski definition) is 4. The Kier molecular flexibility index (Phi) is 5.34. The van der Waals surface area contributed by atoms with E-state index in [1.807, 2.05) is 0 Å². The molecule has 1 aromatic heterocycles. The van der Waals surface area contributed by atoms with Gasteiger partial charge >= 0.3 is 0 Å². The average Bonchev–Trinajstić information content (AvgIpc) is 2.89. The molecule has 0 bridgehead atoms. The van der Waals surface area contributed by atoms with Gasteiger partial charge in [0.1, 0.15) is 6.10 Å². The van der Waals surface area contributed by atoms with Gasteiger partial charge in [-0.3, -0.25) is 4.79 Å². The first-order valence-electron chi connectivity index (χ1n) is 7.00. The topological polar surface area (TPSA) is 51.2 Å². The van der Waals surface area contributed by atoms with Crippen LogP contribution in [0.4, 0.5) is 0 Å². The van der Waals surface area contributed by atoms with Crippen LogP contribution < -0.4 is 5.32 Å². The highest BCUT2D eigenvalue weighted by atomic mass is 32.1. The number of amides is 1. The molecule has 1 N–H and O–H groups in total. The third-order valence-corrected chi connectivity index (χ3v) is 4.20. The van der Waals surface area contributed by atoms with E-state index in [1.165, 1.54) is 0 Å². The summed E-state index contributed by atoms with van der Waals surface area (Å²) in [7, 11) is 0. The van der Waals surface area contributed by atoms with Crippen LogP contribution >= 0.6 is 11.3 Å². The molecule has 2 heterocycles. The van der Waals surface area contributed by atoms with E-state index in [4.69, 9.17) is 4.74 Å². The van der Waals surface area contributed by atoms with Crippen molar-refractivity contribution in [2.24, 2.45) is 0 Å². The second kappa shape index (κ2) is 7.01. The Hall–Kier alpha value is -0.940. The van der Waals surface area contributed by atoms with Crippen molar-refractivity contribution in [2.75, 3.05) is 13.2 Å². The molecule has 5 heteroatoms. The summed E-state index contributed by atoms with van der Waals surface area (Å²) >= 11 is 1.67. The molecule has 1 aromatic rings. The standard InChI is InChI=1S/C14H22N2O2S/c1-10(2)11-9-19-13(16-11)6-7-15-14(17)12-5-3-4-8-18-12/h9-10,12H,3-8H2,1-2H3,(H,15,17)/t12-/m0/s1. The normalized spacial score (nSPS) is 19.6. The number of nitrogens with one attached hydrogen (secondary N) is 1. The lowest BCUT2D eigenvalue weighted by atomic mass is 10.1. The summed E-state index contributed by atoms with van der Waals surface area (Å²) in [5.74, 6) is 0.496. The summed E-state index contributed by atoms with van der Waals surface area (Å²) in [5, 5.41) is 6.14. The molecule has 1 atom stereocenters. The first kappa shape index (κ1) is 14.5. The van der Waals surface area contributed by atoms with Crippen molar-refractivity contribution in [3.8, 4) is 0 Å². The van der Waals surface area contributed by atoms with E-state index < -0.39 is 0 Å². The summed E-state index contributed by atoms with van der Waals surface area (Å²) < 4.78 is 5.45. The number of nitrogens with zero attached hydrogens (tertiary/aromatic N) is 1. The first-order valence-corrected chi connectivity index (χ1v) is 7.88. The number of thiazole rings is 1. The zero-order chi connectivity index (χ0) is 13.7. The fourth-order valence-corrected chi connectivity index (χ4v) is 3.02. The van der Waals surface area contributed by atoms with Crippen molar-refractivity contribution < 1.29 is 9.53 Å². The minimum absolute atomic E-state index is 0.0281. The highest BCUT2D eigenvalue weighted by molar-refractivity contribution is 7.09. The molecule has 0 radical (unpaired) electrons. The lowest BCUT2D eigenvalue weighted by molar-refractivity contribution is -0.135. The molecule has 0 spiro atoms. The number of ether oxygens (including phenoxy) is 1. The van der Waals surface area contributed by atoms with Crippen LogP contribution in [0, 0.1) is 0 Å². The largest absolute Gasteiger partial charge is 0.368 e. The van der Waals surface area contributed by atoms with Gasteiger partial charge in [-0.15, -0.1) is 11.3 Å². The second-order valence-electron chi connectivity index (χ2n) is 5.22. The minimum atomic E-state index is -0.240. The van der Waals surface area contributed by atoms with Crippen LogP contribution in [-0.4, -0.2) is 30.1 Å². The zero-order valence-electron chi connectivity index (χ0n) is 11.6. The number of rotatable bonds is 5. The van der Waals surface area contributed by atoms with Crippen LogP contribution in [0.2, 0.25) is 0 Å². The van der Waals surface area contributed by atoms with Crippen molar-refractivity contribution >= 4 is 17.2 Å². The molecule has 4 nitrogen and oxygen atoms in total. The fraction of sp³-hybridized carbons (Fsp3) is 0.714. The number of hydrogen-bond donors (Lipinski definition) is 1. The molecule has 1 fully saturated rings. The van der Waals surface area contributed by atoms with Gasteiger partial charge in [-0.05, 0) is 25.2 Å². The van der Waals surface area contributed by atoms with Crippen molar-refractivity contribution in [3.05, 3.63) is 16.1 Å². The van der Waals surface area contributed by atoms with Gasteiger partial charge in [0.25, 0.3) is 0 Å². The molecule has 106 valence electrons. The van der Waals surface area contributed by atoms with E-state index >= 15 is 0 Å². The zero-order valence-corrected chi connectivity index (χ0v) is 12.5. The van der Waals surface area contributed by atoms with Crippen LogP contribution in [-0.2, 0) is 16.0 Å². The van der Waals surface area contributed by atoms with Crippen molar-refractivity contribution in [1.29, 1.82) is 0 Å². The van der Waals surface area contributed by atoms with Crippen LogP contribution in [0.1, 0.15) is 49.7 Å². The first-order chi connectivity index (χ1) is 9.16. The number of carbonyl (C=O) groups is 1. The van der Waals surface area contributed by atoms with Gasteiger partial charge in [0, 0.05) is 25.0 Å². The van der Waals surface area contributed by atoms with Gasteiger partial charge in [0.15, 0.2) is 0 Å². The monoisotopic (exact) mass is 282 g/mol. The molecule has 1 aliphatic rings. The van der Waals surface area contributed by atoms with E-state index in [1.54, 1.807) is 11.3 Å². The predicted octanol–water partition coefficient (Wildman–Crippen LogP) is 2.49. The molecule has 1 saturated heterocycles. The smallest absolute Gasteiger partial charge is 0.249 e. The summed E-state index contributed by atoms with van der Waals surface area (Å²) in [6, 6.07) is 0. The molecule has 0 unspecified atom stereocenters. The maximum Gasteiger partial charge on any atom is 0.249 e. The van der Waals surface area contributed by atoms with Crippen LogP contribution in [0.15, 0.2) is 5.38 Å². The van der Waals surface area contributed by atoms with Crippen LogP contribution in [0.5, 0.6) is 0 Å². The third-order valence-electron chi connectivity index (χ3n) is 3.27. The van der Waals surface area contributed by atoms with Gasteiger partial charge < -0.3 is 10.1 Å². The van der Waals surface area contributed by atoms with Crippen LogP contribution in [0.25, 0.3) is 0 Å². The van der Waals surface area contributed by atoms with Crippen molar-refractivity contribution in [2.45, 2.75) is 51.6 Å². The van der Waals surface area contributed by atoms with Crippen molar-refractivity contribution in [1.82, 2.24) is 10.3 Å². The lowest BCUT2D eigenvalue weighted by Gasteiger charge is -2.21. The van der Waals surface area contributed by atoms with Crippen molar-refractivity contribution in [3.63, 3.8) is 0 Å². The molecular weight excluding hydrogens is 260 g/mol. The van der Waals surface area contributed by atoms with Gasteiger partial charge in [0.05, 0.1) is 10.7 Å². The Morgan fingerprint density at radius 3 is 3.05 bits per heavy atom. The Balaban J connectivity index is 1.71. The van der Waals surface area contributed by atoms with E-state index in [0.29, 0.717) is 19.1 Å². The third kappa shape index (κ3) is 4.28. The predicted molar refractivity (Wildman–Crippen MR) is 76.5 cm³/mol. The maximum atomic E-state index is 11.8. The average molecular weight is 282 g/mol.